The molecule has 2 aromatic carbocycles. The number of carboxylic acid groups (broad SMARTS) is 1. The summed E-state index contributed by atoms with van der Waals surface area (Å²) < 4.78 is 40.8. The summed E-state index contributed by atoms with van der Waals surface area (Å²) >= 11 is 0. The third-order valence-electron chi connectivity index (χ3n) is 5.15. The summed E-state index contributed by atoms with van der Waals surface area (Å²) in [4.78, 5) is 23.8. The highest BCUT2D eigenvalue weighted by molar-refractivity contribution is 5.91. The molecular weight excluding hydrogens is 431 g/mol. The molecule has 5 nitrogen and oxygen atoms in total. The van der Waals surface area contributed by atoms with E-state index in [-0.39, 0.29) is 17.1 Å². The van der Waals surface area contributed by atoms with Crippen LogP contribution < -0.4 is 0 Å². The number of hydrogen-bond acceptors (Lipinski definition) is 4. The van der Waals surface area contributed by atoms with Gasteiger partial charge in [-0.2, -0.15) is 13.2 Å². The van der Waals surface area contributed by atoms with Crippen LogP contribution in [0.3, 0.4) is 0 Å². The summed E-state index contributed by atoms with van der Waals surface area (Å²) in [5, 5.41) is 9.40. The minimum Gasteiger partial charge on any atom is -0.478 e. The summed E-state index contributed by atoms with van der Waals surface area (Å²) in [7, 11) is 0. The topological polar surface area (TPSA) is 76.0 Å². The van der Waals surface area contributed by atoms with Gasteiger partial charge in [-0.05, 0) is 60.9 Å². The van der Waals surface area contributed by atoms with Crippen molar-refractivity contribution in [3.05, 3.63) is 89.4 Å². The van der Waals surface area contributed by atoms with Crippen LogP contribution in [-0.4, -0.2) is 26.0 Å². The van der Waals surface area contributed by atoms with Gasteiger partial charge in [0.2, 0.25) is 0 Å². The fourth-order valence-corrected chi connectivity index (χ4v) is 3.36. The number of benzene rings is 2. The van der Waals surface area contributed by atoms with Crippen molar-refractivity contribution >= 4 is 5.97 Å². The molecule has 1 N–H and O–H groups in total. The Morgan fingerprint density at radius 3 is 2.21 bits per heavy atom. The van der Waals surface area contributed by atoms with Crippen molar-refractivity contribution in [2.75, 3.05) is 0 Å². The van der Waals surface area contributed by atoms with Crippen molar-refractivity contribution in [3.63, 3.8) is 0 Å². The third kappa shape index (κ3) is 4.74. The number of aromatic nitrogens is 3. The van der Waals surface area contributed by atoms with Gasteiger partial charge in [0.25, 0.3) is 0 Å². The SMILES string of the molecule is Cc1ccc(-c2cc(C(F)(F)F)nc(-c3cccc(-c4ccc(C)c(C(=O)O)c4)c3)n2)cn1. The van der Waals surface area contributed by atoms with Crippen molar-refractivity contribution in [2.24, 2.45) is 0 Å². The minimum atomic E-state index is -4.66. The van der Waals surface area contributed by atoms with Crippen LogP contribution in [0.2, 0.25) is 0 Å². The molecule has 33 heavy (non-hydrogen) atoms. The van der Waals surface area contributed by atoms with Gasteiger partial charge in [0.05, 0.1) is 11.3 Å². The smallest absolute Gasteiger partial charge is 0.433 e. The summed E-state index contributed by atoms with van der Waals surface area (Å²) in [6.45, 7) is 3.48. The molecule has 0 amide bonds. The third-order valence-corrected chi connectivity index (χ3v) is 5.15. The van der Waals surface area contributed by atoms with Crippen molar-refractivity contribution in [1.29, 1.82) is 0 Å². The number of nitrogens with zero attached hydrogens (tertiary/aromatic N) is 3. The second-order valence-corrected chi connectivity index (χ2v) is 7.56. The number of carbonyl (C=O) groups is 1. The van der Waals surface area contributed by atoms with Gasteiger partial charge >= 0.3 is 12.1 Å². The molecule has 0 saturated heterocycles. The van der Waals surface area contributed by atoms with E-state index in [1.54, 1.807) is 62.4 Å². The molecule has 0 atom stereocenters. The lowest BCUT2D eigenvalue weighted by Gasteiger charge is -2.12. The lowest BCUT2D eigenvalue weighted by atomic mass is 9.98. The summed E-state index contributed by atoms with van der Waals surface area (Å²) in [6.07, 6.45) is -3.19. The molecule has 0 aliphatic heterocycles. The van der Waals surface area contributed by atoms with Gasteiger partial charge in [-0.1, -0.05) is 30.3 Å². The Labute approximate surface area is 187 Å². The molecule has 4 rings (SSSR count). The molecule has 0 unspecified atom stereocenters. The van der Waals surface area contributed by atoms with Crippen molar-refractivity contribution in [2.45, 2.75) is 20.0 Å². The van der Waals surface area contributed by atoms with Gasteiger partial charge in [-0.3, -0.25) is 4.98 Å². The number of halogens is 3. The van der Waals surface area contributed by atoms with Crippen molar-refractivity contribution in [1.82, 2.24) is 15.0 Å². The summed E-state index contributed by atoms with van der Waals surface area (Å²) in [5.74, 6) is -1.14. The molecular formula is C25H18F3N3O2. The van der Waals surface area contributed by atoms with Crippen LogP contribution in [0, 0.1) is 13.8 Å². The van der Waals surface area contributed by atoms with E-state index in [9.17, 15) is 23.1 Å². The molecule has 0 radical (unpaired) electrons. The molecule has 0 spiro atoms. The predicted molar refractivity (Wildman–Crippen MR) is 118 cm³/mol. The molecule has 8 heteroatoms. The van der Waals surface area contributed by atoms with E-state index < -0.39 is 17.8 Å². The zero-order valence-corrected chi connectivity index (χ0v) is 17.7. The van der Waals surface area contributed by atoms with Crippen molar-refractivity contribution < 1.29 is 23.1 Å². The van der Waals surface area contributed by atoms with E-state index in [4.69, 9.17) is 0 Å². The van der Waals surface area contributed by atoms with Crippen LogP contribution >= 0.6 is 0 Å². The quantitative estimate of drug-likeness (QED) is 0.401. The first kappa shape index (κ1) is 22.1. The second kappa shape index (κ2) is 8.46. The van der Waals surface area contributed by atoms with E-state index >= 15 is 0 Å². The molecule has 0 fully saturated rings. The fourth-order valence-electron chi connectivity index (χ4n) is 3.36. The standard InChI is InChI=1S/C25H18F3N3O2/c1-14-6-8-17(11-20(14)24(32)33)16-4-3-5-18(10-16)23-30-21(12-22(31-23)25(26,27)28)19-9-7-15(2)29-13-19/h3-13H,1-2H3,(H,32,33). The highest BCUT2D eigenvalue weighted by Crippen LogP contribution is 2.33. The van der Waals surface area contributed by atoms with Crippen LogP contribution in [0.4, 0.5) is 13.2 Å². The number of aromatic carboxylic acids is 1. The van der Waals surface area contributed by atoms with Gasteiger partial charge in [0.15, 0.2) is 5.82 Å². The van der Waals surface area contributed by atoms with E-state index in [2.05, 4.69) is 15.0 Å². The number of pyridine rings is 1. The molecule has 0 bridgehead atoms. The zero-order chi connectivity index (χ0) is 23.8. The van der Waals surface area contributed by atoms with Gasteiger partial charge in [0, 0.05) is 23.0 Å². The summed E-state index contributed by atoms with van der Waals surface area (Å²) in [6, 6.07) is 15.9. The lowest BCUT2D eigenvalue weighted by molar-refractivity contribution is -0.141. The monoisotopic (exact) mass is 449 g/mol. The summed E-state index contributed by atoms with van der Waals surface area (Å²) in [5.41, 5.74) is 2.61. The highest BCUT2D eigenvalue weighted by Gasteiger charge is 2.34. The number of carboxylic acids is 1. The van der Waals surface area contributed by atoms with E-state index in [0.29, 0.717) is 27.8 Å². The maximum absolute atomic E-state index is 13.6. The van der Waals surface area contributed by atoms with E-state index in [0.717, 1.165) is 11.8 Å². The number of hydrogen-bond donors (Lipinski definition) is 1. The van der Waals surface area contributed by atoms with Crippen LogP contribution in [0.25, 0.3) is 33.8 Å². The first-order valence-corrected chi connectivity index (χ1v) is 9.96. The fraction of sp³-hybridized carbons (Fsp3) is 0.120. The average Bonchev–Trinajstić information content (AvgIpc) is 2.79. The Bertz CT molecular complexity index is 1350. The first-order valence-electron chi connectivity index (χ1n) is 9.96. The Kier molecular flexibility index (Phi) is 5.68. The maximum Gasteiger partial charge on any atom is 0.433 e. The normalized spacial score (nSPS) is 11.4. The van der Waals surface area contributed by atoms with Gasteiger partial charge < -0.3 is 5.11 Å². The zero-order valence-electron chi connectivity index (χ0n) is 17.7. The Morgan fingerprint density at radius 2 is 1.55 bits per heavy atom. The maximum atomic E-state index is 13.6. The Morgan fingerprint density at radius 1 is 0.848 bits per heavy atom. The van der Waals surface area contributed by atoms with Crippen molar-refractivity contribution in [3.8, 4) is 33.8 Å². The first-order chi connectivity index (χ1) is 15.6. The number of alkyl halides is 3. The number of rotatable bonds is 4. The Balaban J connectivity index is 1.84. The van der Waals surface area contributed by atoms with Crippen LogP contribution in [-0.2, 0) is 6.18 Å². The minimum absolute atomic E-state index is 0.0900. The molecule has 0 saturated carbocycles. The molecule has 0 aliphatic carbocycles. The Hall–Kier alpha value is -4.07. The molecule has 2 heterocycles. The molecule has 2 aromatic heterocycles. The molecule has 0 aliphatic rings. The van der Waals surface area contributed by atoms with Gasteiger partial charge in [-0.25, -0.2) is 14.8 Å². The van der Waals surface area contributed by atoms with Gasteiger partial charge in [-0.15, -0.1) is 0 Å². The largest absolute Gasteiger partial charge is 0.478 e. The van der Waals surface area contributed by atoms with Crippen LogP contribution in [0.15, 0.2) is 66.9 Å². The number of aryl methyl sites for hydroxylation is 2. The van der Waals surface area contributed by atoms with Crippen LogP contribution in [0.5, 0.6) is 0 Å². The molecule has 4 aromatic rings. The van der Waals surface area contributed by atoms with E-state index in [1.165, 1.54) is 12.3 Å². The van der Waals surface area contributed by atoms with Gasteiger partial charge in [0.1, 0.15) is 5.69 Å². The predicted octanol–water partition coefficient (Wildman–Crippen LogP) is 6.21. The average molecular weight is 449 g/mol. The lowest BCUT2D eigenvalue weighted by Crippen LogP contribution is -2.10. The van der Waals surface area contributed by atoms with Crippen LogP contribution in [0.1, 0.15) is 27.3 Å². The molecule has 166 valence electrons. The highest BCUT2D eigenvalue weighted by atomic mass is 19.4. The second-order valence-electron chi connectivity index (χ2n) is 7.56. The van der Waals surface area contributed by atoms with E-state index in [1.807, 2.05) is 0 Å².